The summed E-state index contributed by atoms with van der Waals surface area (Å²) in [6.45, 7) is 3.76. The summed E-state index contributed by atoms with van der Waals surface area (Å²) in [7, 11) is 1.70. The molecular weight excluding hydrogens is 260 g/mol. The van der Waals surface area contributed by atoms with Gasteiger partial charge in [-0.05, 0) is 54.2 Å². The molecule has 0 amide bonds. The summed E-state index contributed by atoms with van der Waals surface area (Å²) in [5, 5.41) is 2.47. The minimum atomic E-state index is 0.279. The molecule has 3 heteroatoms. The van der Waals surface area contributed by atoms with E-state index in [1.807, 2.05) is 12.1 Å². The molecule has 0 bridgehead atoms. The lowest BCUT2D eigenvalue weighted by Gasteiger charge is -2.17. The van der Waals surface area contributed by atoms with Crippen LogP contribution >= 0.6 is 0 Å². The van der Waals surface area contributed by atoms with Crippen molar-refractivity contribution in [1.29, 1.82) is 0 Å². The molecule has 0 fully saturated rings. The summed E-state index contributed by atoms with van der Waals surface area (Å²) in [6, 6.07) is 12.9. The maximum Gasteiger partial charge on any atom is 0.119 e. The molecule has 1 atom stereocenters. The van der Waals surface area contributed by atoms with Crippen molar-refractivity contribution in [3.63, 3.8) is 0 Å². The minimum Gasteiger partial charge on any atom is -0.497 e. The van der Waals surface area contributed by atoms with Crippen molar-refractivity contribution in [2.45, 2.75) is 31.7 Å². The number of rotatable bonds is 8. The molecule has 3 nitrogen and oxygen atoms in total. The zero-order valence-electron chi connectivity index (χ0n) is 12.6. The molecule has 2 rings (SSSR count). The Labute approximate surface area is 126 Å². The SMILES string of the molecule is C=CCCCC(Cc1cccc2ccc(OC)cc12)NN. The molecular formula is C18H24N2O. The van der Waals surface area contributed by atoms with E-state index >= 15 is 0 Å². The number of ether oxygens (including phenoxy) is 1. The van der Waals surface area contributed by atoms with Gasteiger partial charge in [0.2, 0.25) is 0 Å². The predicted molar refractivity (Wildman–Crippen MR) is 89.4 cm³/mol. The van der Waals surface area contributed by atoms with E-state index in [2.05, 4.69) is 42.3 Å². The molecule has 0 aliphatic heterocycles. The lowest BCUT2D eigenvalue weighted by Crippen LogP contribution is -2.36. The number of unbranched alkanes of at least 4 members (excludes halogenated alkanes) is 1. The smallest absolute Gasteiger partial charge is 0.119 e. The van der Waals surface area contributed by atoms with Crippen molar-refractivity contribution < 1.29 is 4.74 Å². The van der Waals surface area contributed by atoms with Crippen molar-refractivity contribution in [3.05, 3.63) is 54.6 Å². The monoisotopic (exact) mass is 284 g/mol. The third-order valence-corrected chi connectivity index (χ3v) is 3.84. The fourth-order valence-electron chi connectivity index (χ4n) is 2.64. The average Bonchev–Trinajstić information content (AvgIpc) is 2.53. The Kier molecular flexibility index (Phi) is 5.78. The number of fused-ring (bicyclic) bond motifs is 1. The summed E-state index contributed by atoms with van der Waals surface area (Å²) in [5.74, 6) is 6.59. The number of nitrogens with one attached hydrogen (secondary N) is 1. The van der Waals surface area contributed by atoms with Crippen LogP contribution in [0.5, 0.6) is 5.75 Å². The van der Waals surface area contributed by atoms with Gasteiger partial charge in [-0.2, -0.15) is 0 Å². The fourth-order valence-corrected chi connectivity index (χ4v) is 2.64. The second-order valence-corrected chi connectivity index (χ2v) is 5.29. The summed E-state index contributed by atoms with van der Waals surface area (Å²) in [6.07, 6.45) is 6.05. The molecule has 3 N–H and O–H groups in total. The number of hydrazine groups is 1. The summed E-state index contributed by atoms with van der Waals surface area (Å²) < 4.78 is 5.34. The van der Waals surface area contributed by atoms with Gasteiger partial charge in [0, 0.05) is 6.04 Å². The Balaban J connectivity index is 2.21. The molecule has 112 valence electrons. The van der Waals surface area contributed by atoms with Crippen molar-refractivity contribution >= 4 is 10.8 Å². The molecule has 0 saturated carbocycles. The number of benzene rings is 2. The number of methoxy groups -OCH3 is 1. The normalized spacial score (nSPS) is 12.3. The molecule has 0 spiro atoms. The summed E-state index contributed by atoms with van der Waals surface area (Å²) in [4.78, 5) is 0. The molecule has 2 aromatic rings. The molecule has 0 saturated heterocycles. The Morgan fingerprint density at radius 2 is 2.19 bits per heavy atom. The van der Waals surface area contributed by atoms with E-state index in [1.165, 1.54) is 16.3 Å². The Hall–Kier alpha value is -1.84. The lowest BCUT2D eigenvalue weighted by molar-refractivity contribution is 0.415. The Morgan fingerprint density at radius 1 is 1.33 bits per heavy atom. The van der Waals surface area contributed by atoms with E-state index in [-0.39, 0.29) is 6.04 Å². The predicted octanol–water partition coefficient (Wildman–Crippen LogP) is 3.58. The van der Waals surface area contributed by atoms with Gasteiger partial charge in [0.05, 0.1) is 7.11 Å². The first-order chi connectivity index (χ1) is 10.3. The summed E-state index contributed by atoms with van der Waals surface area (Å²) >= 11 is 0. The number of hydrogen-bond donors (Lipinski definition) is 2. The van der Waals surface area contributed by atoms with Gasteiger partial charge >= 0.3 is 0 Å². The number of hydrogen-bond acceptors (Lipinski definition) is 3. The molecule has 0 aliphatic rings. The van der Waals surface area contributed by atoms with Gasteiger partial charge in [0.25, 0.3) is 0 Å². The van der Waals surface area contributed by atoms with E-state index in [0.29, 0.717) is 0 Å². The molecule has 0 aromatic heterocycles. The van der Waals surface area contributed by atoms with Gasteiger partial charge in [-0.15, -0.1) is 6.58 Å². The van der Waals surface area contributed by atoms with Crippen LogP contribution in [0.4, 0.5) is 0 Å². The van der Waals surface area contributed by atoms with Crippen LogP contribution in [0.15, 0.2) is 49.1 Å². The van der Waals surface area contributed by atoms with E-state index < -0.39 is 0 Å². The van der Waals surface area contributed by atoms with Crippen molar-refractivity contribution in [3.8, 4) is 5.75 Å². The maximum atomic E-state index is 5.70. The maximum absolute atomic E-state index is 5.70. The number of allylic oxidation sites excluding steroid dienone is 1. The molecule has 21 heavy (non-hydrogen) atoms. The van der Waals surface area contributed by atoms with Crippen LogP contribution < -0.4 is 16.0 Å². The van der Waals surface area contributed by atoms with Crippen LogP contribution in [0.25, 0.3) is 10.8 Å². The fraction of sp³-hybridized carbons (Fsp3) is 0.333. The average molecular weight is 284 g/mol. The van der Waals surface area contributed by atoms with Crippen LogP contribution in [0.3, 0.4) is 0 Å². The Bertz CT molecular complexity index is 595. The van der Waals surface area contributed by atoms with E-state index in [4.69, 9.17) is 10.6 Å². The van der Waals surface area contributed by atoms with Crippen LogP contribution in [0.1, 0.15) is 24.8 Å². The highest BCUT2D eigenvalue weighted by Gasteiger charge is 2.10. The van der Waals surface area contributed by atoms with Gasteiger partial charge < -0.3 is 4.74 Å². The molecule has 0 heterocycles. The first-order valence-electron chi connectivity index (χ1n) is 7.41. The van der Waals surface area contributed by atoms with Crippen molar-refractivity contribution in [2.75, 3.05) is 7.11 Å². The van der Waals surface area contributed by atoms with E-state index in [0.717, 1.165) is 31.4 Å². The molecule has 2 aromatic carbocycles. The topological polar surface area (TPSA) is 47.3 Å². The van der Waals surface area contributed by atoms with Gasteiger partial charge in [-0.3, -0.25) is 11.3 Å². The van der Waals surface area contributed by atoms with Gasteiger partial charge in [-0.25, -0.2) is 0 Å². The van der Waals surface area contributed by atoms with Gasteiger partial charge in [-0.1, -0.05) is 30.3 Å². The van der Waals surface area contributed by atoms with Crippen molar-refractivity contribution in [1.82, 2.24) is 5.43 Å². The molecule has 1 unspecified atom stereocenters. The van der Waals surface area contributed by atoms with Crippen LogP contribution in [0.2, 0.25) is 0 Å². The zero-order valence-corrected chi connectivity index (χ0v) is 12.6. The highest BCUT2D eigenvalue weighted by molar-refractivity contribution is 5.87. The largest absolute Gasteiger partial charge is 0.497 e. The first kappa shape index (κ1) is 15.5. The number of nitrogens with two attached hydrogens (primary N) is 1. The standard InChI is InChI=1S/C18H24N2O/c1-3-4-5-9-16(20-19)12-15-8-6-7-14-10-11-17(21-2)13-18(14)15/h3,6-8,10-11,13,16,20H,1,4-5,9,12,19H2,2H3. The van der Waals surface area contributed by atoms with Crippen LogP contribution in [-0.4, -0.2) is 13.2 Å². The third-order valence-electron chi connectivity index (χ3n) is 3.84. The molecule has 0 aliphatic carbocycles. The summed E-state index contributed by atoms with van der Waals surface area (Å²) in [5.41, 5.74) is 4.24. The van der Waals surface area contributed by atoms with Gasteiger partial charge in [0.15, 0.2) is 0 Å². The van der Waals surface area contributed by atoms with Crippen molar-refractivity contribution in [2.24, 2.45) is 5.84 Å². The van der Waals surface area contributed by atoms with Crippen LogP contribution in [0, 0.1) is 0 Å². The second kappa shape index (κ2) is 7.81. The zero-order chi connectivity index (χ0) is 15.1. The highest BCUT2D eigenvalue weighted by Crippen LogP contribution is 2.25. The Morgan fingerprint density at radius 3 is 2.90 bits per heavy atom. The second-order valence-electron chi connectivity index (χ2n) is 5.29. The van der Waals surface area contributed by atoms with E-state index in [9.17, 15) is 0 Å². The lowest BCUT2D eigenvalue weighted by atomic mass is 9.96. The minimum absolute atomic E-state index is 0.279. The molecule has 0 radical (unpaired) electrons. The van der Waals surface area contributed by atoms with E-state index in [1.54, 1.807) is 7.11 Å². The van der Waals surface area contributed by atoms with Crippen LogP contribution in [-0.2, 0) is 6.42 Å². The quantitative estimate of drug-likeness (QED) is 0.337. The third kappa shape index (κ3) is 4.06. The first-order valence-corrected chi connectivity index (χ1v) is 7.41. The van der Waals surface area contributed by atoms with Gasteiger partial charge in [0.1, 0.15) is 5.75 Å². The highest BCUT2D eigenvalue weighted by atomic mass is 16.5.